The molecule has 0 amide bonds. The topological polar surface area (TPSA) is 15.3 Å². The number of hydrogen-bond donors (Lipinski definition) is 1. The van der Waals surface area contributed by atoms with Crippen LogP contribution >= 0.6 is 11.8 Å². The van der Waals surface area contributed by atoms with Gasteiger partial charge in [0.2, 0.25) is 0 Å². The molecule has 1 saturated carbocycles. The monoisotopic (exact) mass is 228 g/mol. The third-order valence-corrected chi connectivity index (χ3v) is 4.62. The highest BCUT2D eigenvalue weighted by molar-refractivity contribution is 7.99. The van der Waals surface area contributed by atoms with Crippen molar-refractivity contribution in [1.29, 1.82) is 0 Å². The van der Waals surface area contributed by atoms with Gasteiger partial charge >= 0.3 is 0 Å². The maximum Gasteiger partial charge on any atom is 0.0209 e. The predicted molar refractivity (Wildman–Crippen MR) is 68.6 cm³/mol. The molecular weight excluding hydrogens is 204 g/mol. The van der Waals surface area contributed by atoms with Crippen LogP contribution in [0.25, 0.3) is 0 Å². The molecule has 0 bridgehead atoms. The molecule has 15 heavy (non-hydrogen) atoms. The standard InChI is InChI=1S/C12H24N2S/c1-10(15-2)5-7-14-8-6-12(9-14)13-11-3-4-11/h10-13H,3-9H2,1-2H3. The van der Waals surface area contributed by atoms with Crippen LogP contribution in [0.1, 0.15) is 32.6 Å². The number of rotatable bonds is 6. The smallest absolute Gasteiger partial charge is 0.0209 e. The molecule has 0 aromatic heterocycles. The molecule has 0 spiro atoms. The average Bonchev–Trinajstić information content (AvgIpc) is 2.93. The van der Waals surface area contributed by atoms with Gasteiger partial charge in [-0.2, -0.15) is 11.8 Å². The van der Waals surface area contributed by atoms with Crippen LogP contribution < -0.4 is 5.32 Å². The van der Waals surface area contributed by atoms with Gasteiger partial charge in [-0.25, -0.2) is 0 Å². The van der Waals surface area contributed by atoms with Crippen LogP contribution in [-0.2, 0) is 0 Å². The van der Waals surface area contributed by atoms with Crippen molar-refractivity contribution in [2.24, 2.45) is 0 Å². The Labute approximate surface area is 98.2 Å². The lowest BCUT2D eigenvalue weighted by molar-refractivity contribution is 0.323. The van der Waals surface area contributed by atoms with Crippen LogP contribution in [0.15, 0.2) is 0 Å². The van der Waals surface area contributed by atoms with Crippen molar-refractivity contribution in [3.63, 3.8) is 0 Å². The van der Waals surface area contributed by atoms with Gasteiger partial charge in [0.05, 0.1) is 0 Å². The lowest BCUT2D eigenvalue weighted by atomic mass is 10.2. The lowest BCUT2D eigenvalue weighted by Crippen LogP contribution is -2.34. The summed E-state index contributed by atoms with van der Waals surface area (Å²) < 4.78 is 0. The summed E-state index contributed by atoms with van der Waals surface area (Å²) in [5.41, 5.74) is 0. The fourth-order valence-electron chi connectivity index (χ4n) is 2.24. The van der Waals surface area contributed by atoms with Gasteiger partial charge in [0.15, 0.2) is 0 Å². The Bertz CT molecular complexity index is 194. The van der Waals surface area contributed by atoms with Crippen molar-refractivity contribution in [3.8, 4) is 0 Å². The second kappa shape index (κ2) is 5.55. The molecule has 0 aromatic carbocycles. The molecular formula is C12H24N2S. The van der Waals surface area contributed by atoms with E-state index in [1.54, 1.807) is 0 Å². The van der Waals surface area contributed by atoms with Crippen LogP contribution in [0.3, 0.4) is 0 Å². The van der Waals surface area contributed by atoms with E-state index in [0.29, 0.717) is 0 Å². The minimum absolute atomic E-state index is 0.794. The van der Waals surface area contributed by atoms with Gasteiger partial charge in [0, 0.05) is 23.9 Å². The Hall–Kier alpha value is 0.270. The van der Waals surface area contributed by atoms with Gasteiger partial charge < -0.3 is 10.2 Å². The summed E-state index contributed by atoms with van der Waals surface area (Å²) in [5, 5.41) is 4.56. The molecule has 2 aliphatic rings. The van der Waals surface area contributed by atoms with Crippen molar-refractivity contribution in [1.82, 2.24) is 10.2 Å². The van der Waals surface area contributed by atoms with Gasteiger partial charge in [-0.15, -0.1) is 0 Å². The van der Waals surface area contributed by atoms with Gasteiger partial charge in [0.25, 0.3) is 0 Å². The van der Waals surface area contributed by atoms with Gasteiger partial charge in [0.1, 0.15) is 0 Å². The first-order valence-corrected chi connectivity index (χ1v) is 7.58. The third-order valence-electron chi connectivity index (χ3n) is 3.58. The zero-order chi connectivity index (χ0) is 10.7. The maximum absolute atomic E-state index is 3.74. The second-order valence-corrected chi connectivity index (χ2v) is 6.34. The summed E-state index contributed by atoms with van der Waals surface area (Å²) in [4.78, 5) is 2.63. The van der Waals surface area contributed by atoms with Crippen molar-refractivity contribution in [3.05, 3.63) is 0 Å². The average molecular weight is 228 g/mol. The van der Waals surface area contributed by atoms with Gasteiger partial charge in [-0.3, -0.25) is 0 Å². The van der Waals surface area contributed by atoms with E-state index in [2.05, 4.69) is 23.4 Å². The molecule has 2 atom stereocenters. The first-order valence-electron chi connectivity index (χ1n) is 6.29. The van der Waals surface area contributed by atoms with Gasteiger partial charge in [-0.1, -0.05) is 6.92 Å². The summed E-state index contributed by atoms with van der Waals surface area (Å²) in [5.74, 6) is 0. The number of hydrogen-bond acceptors (Lipinski definition) is 3. The summed E-state index contributed by atoms with van der Waals surface area (Å²) in [6, 6.07) is 1.67. The largest absolute Gasteiger partial charge is 0.310 e. The Morgan fingerprint density at radius 2 is 2.13 bits per heavy atom. The molecule has 1 heterocycles. The quantitative estimate of drug-likeness (QED) is 0.748. The molecule has 1 aliphatic heterocycles. The zero-order valence-electron chi connectivity index (χ0n) is 10.0. The molecule has 2 fully saturated rings. The third kappa shape index (κ3) is 3.97. The number of nitrogens with zero attached hydrogens (tertiary/aromatic N) is 1. The summed E-state index contributed by atoms with van der Waals surface area (Å²) >= 11 is 1.99. The number of thioether (sulfide) groups is 1. The Balaban J connectivity index is 1.59. The summed E-state index contributed by atoms with van der Waals surface area (Å²) in [6.07, 6.45) is 7.76. The SMILES string of the molecule is CSC(C)CCN1CCC(NC2CC2)C1. The van der Waals surface area contributed by atoms with E-state index in [0.717, 1.165) is 17.3 Å². The van der Waals surface area contributed by atoms with E-state index in [1.807, 2.05) is 11.8 Å². The van der Waals surface area contributed by atoms with Crippen molar-refractivity contribution >= 4 is 11.8 Å². The van der Waals surface area contributed by atoms with Crippen LogP contribution in [0.2, 0.25) is 0 Å². The minimum atomic E-state index is 0.794. The minimum Gasteiger partial charge on any atom is -0.310 e. The molecule has 2 nitrogen and oxygen atoms in total. The normalized spacial score (nSPS) is 29.6. The molecule has 2 rings (SSSR count). The fraction of sp³-hybridized carbons (Fsp3) is 1.00. The summed E-state index contributed by atoms with van der Waals surface area (Å²) in [6.45, 7) is 6.23. The van der Waals surface area contributed by atoms with Crippen LogP contribution in [0, 0.1) is 0 Å². The Morgan fingerprint density at radius 3 is 2.80 bits per heavy atom. The van der Waals surface area contributed by atoms with Gasteiger partial charge in [-0.05, 0) is 45.0 Å². The first-order chi connectivity index (χ1) is 7.28. The van der Waals surface area contributed by atoms with Crippen LogP contribution in [0.4, 0.5) is 0 Å². The fourth-order valence-corrected chi connectivity index (χ4v) is 2.58. The van der Waals surface area contributed by atoms with E-state index in [9.17, 15) is 0 Å². The van der Waals surface area contributed by atoms with E-state index in [4.69, 9.17) is 0 Å². The summed E-state index contributed by atoms with van der Waals surface area (Å²) in [7, 11) is 0. The number of likely N-dealkylation sites (tertiary alicyclic amines) is 1. The predicted octanol–water partition coefficient (Wildman–Crippen LogP) is 1.95. The van der Waals surface area contributed by atoms with E-state index < -0.39 is 0 Å². The molecule has 0 radical (unpaired) electrons. The Kier molecular flexibility index (Phi) is 4.35. The van der Waals surface area contributed by atoms with Crippen LogP contribution in [-0.4, -0.2) is 48.1 Å². The van der Waals surface area contributed by atoms with Crippen molar-refractivity contribution in [2.45, 2.75) is 49.9 Å². The molecule has 0 aromatic rings. The molecule has 88 valence electrons. The zero-order valence-corrected chi connectivity index (χ0v) is 10.9. The second-order valence-electron chi connectivity index (χ2n) is 5.06. The van der Waals surface area contributed by atoms with E-state index >= 15 is 0 Å². The van der Waals surface area contributed by atoms with Crippen molar-refractivity contribution in [2.75, 3.05) is 25.9 Å². The highest BCUT2D eigenvalue weighted by atomic mass is 32.2. The molecule has 1 aliphatic carbocycles. The molecule has 2 unspecified atom stereocenters. The van der Waals surface area contributed by atoms with E-state index in [1.165, 1.54) is 45.3 Å². The molecule has 1 saturated heterocycles. The van der Waals surface area contributed by atoms with E-state index in [-0.39, 0.29) is 0 Å². The highest BCUT2D eigenvalue weighted by Crippen LogP contribution is 2.22. The number of nitrogens with one attached hydrogen (secondary N) is 1. The van der Waals surface area contributed by atoms with Crippen molar-refractivity contribution < 1.29 is 0 Å². The lowest BCUT2D eigenvalue weighted by Gasteiger charge is -2.18. The maximum atomic E-state index is 3.74. The molecule has 3 heteroatoms. The van der Waals surface area contributed by atoms with Crippen LogP contribution in [0.5, 0.6) is 0 Å². The first kappa shape index (κ1) is 11.7. The Morgan fingerprint density at radius 1 is 1.33 bits per heavy atom. The molecule has 1 N–H and O–H groups in total. The highest BCUT2D eigenvalue weighted by Gasteiger charge is 2.28.